The molecule has 1 N–H and O–H groups in total. The van der Waals surface area contributed by atoms with E-state index in [-0.39, 0.29) is 30.5 Å². The highest BCUT2D eigenvalue weighted by molar-refractivity contribution is 7.10. The first-order chi connectivity index (χ1) is 15.9. The van der Waals surface area contributed by atoms with Gasteiger partial charge in [-0.15, -0.1) is 11.3 Å². The first kappa shape index (κ1) is 23.1. The first-order valence-electron chi connectivity index (χ1n) is 11.2. The van der Waals surface area contributed by atoms with Gasteiger partial charge in [0.1, 0.15) is 11.9 Å². The van der Waals surface area contributed by atoms with Gasteiger partial charge < -0.3 is 14.7 Å². The predicted molar refractivity (Wildman–Crippen MR) is 123 cm³/mol. The van der Waals surface area contributed by atoms with Crippen molar-refractivity contribution in [1.29, 1.82) is 0 Å². The lowest BCUT2D eigenvalue weighted by atomic mass is 10.1. The molecule has 1 unspecified atom stereocenters. The molecule has 0 aliphatic carbocycles. The number of rotatable bonds is 8. The lowest BCUT2D eigenvalue weighted by molar-refractivity contribution is -0.137. The molecule has 7 nitrogen and oxygen atoms in total. The third-order valence-electron chi connectivity index (χ3n) is 5.78. The Morgan fingerprint density at radius 1 is 1.33 bits per heavy atom. The molecule has 2 amide bonds. The van der Waals surface area contributed by atoms with E-state index >= 15 is 0 Å². The molecular weight excluding hydrogens is 443 g/mol. The third kappa shape index (κ3) is 5.47. The van der Waals surface area contributed by atoms with Gasteiger partial charge in [-0.05, 0) is 60.5 Å². The van der Waals surface area contributed by atoms with E-state index in [1.807, 2.05) is 11.8 Å². The number of benzene rings is 1. The summed E-state index contributed by atoms with van der Waals surface area (Å²) >= 11 is 1.73. The van der Waals surface area contributed by atoms with E-state index in [0.29, 0.717) is 42.4 Å². The molecule has 9 heteroatoms. The van der Waals surface area contributed by atoms with Gasteiger partial charge in [-0.1, -0.05) is 18.5 Å². The van der Waals surface area contributed by atoms with Crippen LogP contribution in [0, 0.1) is 12.7 Å². The number of nitrogens with one attached hydrogen (secondary N) is 1. The molecule has 3 heterocycles. The van der Waals surface area contributed by atoms with Crippen molar-refractivity contribution in [1.82, 2.24) is 20.4 Å². The van der Waals surface area contributed by atoms with E-state index in [1.54, 1.807) is 30.4 Å². The zero-order valence-electron chi connectivity index (χ0n) is 18.8. The molecule has 2 aromatic heterocycles. The van der Waals surface area contributed by atoms with E-state index in [0.717, 1.165) is 12.8 Å². The Labute approximate surface area is 196 Å². The van der Waals surface area contributed by atoms with Crippen LogP contribution in [0.1, 0.15) is 48.1 Å². The van der Waals surface area contributed by atoms with Gasteiger partial charge in [0.05, 0.1) is 0 Å². The van der Waals surface area contributed by atoms with Gasteiger partial charge in [-0.2, -0.15) is 4.98 Å². The summed E-state index contributed by atoms with van der Waals surface area (Å²) in [6.45, 7) is 4.94. The summed E-state index contributed by atoms with van der Waals surface area (Å²) in [6.07, 6.45) is 2.63. The number of hydrogen-bond acceptors (Lipinski definition) is 6. The van der Waals surface area contributed by atoms with Crippen LogP contribution in [0.5, 0.6) is 0 Å². The summed E-state index contributed by atoms with van der Waals surface area (Å²) < 4.78 is 18.7. The molecule has 0 bridgehead atoms. The highest BCUT2D eigenvalue weighted by Gasteiger charge is 2.28. The second kappa shape index (κ2) is 10.2. The normalized spacial score (nSPS) is 14.1. The van der Waals surface area contributed by atoms with Crippen molar-refractivity contribution in [2.45, 2.75) is 58.5 Å². The standard InChI is InChI=1S/C24H27FN4O3S/c1-3-4-19(24(31)29-11-9-20-17(14-29)10-12-33-20)26-21(30)7-8-22-27-23(28-32-22)16-5-6-18(25)15(2)13-16/h5-6,10,12-13,19H,3-4,7-9,11,14H2,1-2H3,(H,26,30). The van der Waals surface area contributed by atoms with Crippen LogP contribution in [-0.4, -0.2) is 39.4 Å². The highest BCUT2D eigenvalue weighted by Crippen LogP contribution is 2.25. The van der Waals surface area contributed by atoms with E-state index in [4.69, 9.17) is 4.52 Å². The minimum absolute atomic E-state index is 0.0335. The number of aromatic nitrogens is 2. The van der Waals surface area contributed by atoms with Crippen LogP contribution >= 0.6 is 11.3 Å². The summed E-state index contributed by atoms with van der Waals surface area (Å²) in [4.78, 5) is 33.2. The second-order valence-corrected chi connectivity index (χ2v) is 9.26. The quantitative estimate of drug-likeness (QED) is 0.537. The lowest BCUT2D eigenvalue weighted by Gasteiger charge is -2.30. The summed E-state index contributed by atoms with van der Waals surface area (Å²) in [5.41, 5.74) is 2.34. The monoisotopic (exact) mass is 470 g/mol. The number of carbonyl (C=O) groups is 2. The van der Waals surface area contributed by atoms with Gasteiger partial charge in [-0.25, -0.2) is 4.39 Å². The van der Waals surface area contributed by atoms with Gasteiger partial charge >= 0.3 is 0 Å². The minimum atomic E-state index is -0.539. The van der Waals surface area contributed by atoms with Crippen molar-refractivity contribution < 1.29 is 18.5 Å². The zero-order valence-corrected chi connectivity index (χ0v) is 19.6. The molecule has 3 aromatic rings. The van der Waals surface area contributed by atoms with Crippen LogP contribution in [-0.2, 0) is 29.0 Å². The smallest absolute Gasteiger partial charge is 0.245 e. The van der Waals surface area contributed by atoms with E-state index < -0.39 is 6.04 Å². The van der Waals surface area contributed by atoms with Crippen LogP contribution in [0.4, 0.5) is 4.39 Å². The van der Waals surface area contributed by atoms with Crippen molar-refractivity contribution in [2.24, 2.45) is 0 Å². The Hall–Kier alpha value is -3.07. The Morgan fingerprint density at radius 3 is 2.97 bits per heavy atom. The number of fused-ring (bicyclic) bond motifs is 1. The maximum Gasteiger partial charge on any atom is 0.245 e. The number of amides is 2. The number of nitrogens with zero attached hydrogens (tertiary/aromatic N) is 3. The topological polar surface area (TPSA) is 88.3 Å². The first-order valence-corrected chi connectivity index (χ1v) is 12.0. The van der Waals surface area contributed by atoms with Crippen molar-refractivity contribution in [3.63, 3.8) is 0 Å². The van der Waals surface area contributed by atoms with Gasteiger partial charge in [0.2, 0.25) is 23.5 Å². The number of hydrogen-bond donors (Lipinski definition) is 1. The summed E-state index contributed by atoms with van der Waals surface area (Å²) in [7, 11) is 0. The number of thiophene rings is 1. The van der Waals surface area contributed by atoms with Crippen LogP contribution in [0.3, 0.4) is 0 Å². The zero-order chi connectivity index (χ0) is 23.4. The SMILES string of the molecule is CCCC(NC(=O)CCc1nc(-c2ccc(F)c(C)c2)no1)C(=O)N1CCc2sccc2C1. The van der Waals surface area contributed by atoms with E-state index in [2.05, 4.69) is 26.9 Å². The molecule has 1 aliphatic rings. The van der Waals surface area contributed by atoms with E-state index in [9.17, 15) is 14.0 Å². The molecule has 0 saturated carbocycles. The fourth-order valence-electron chi connectivity index (χ4n) is 3.95. The number of carbonyl (C=O) groups excluding carboxylic acids is 2. The second-order valence-electron chi connectivity index (χ2n) is 8.26. The number of aryl methyl sites for hydroxylation is 2. The van der Waals surface area contributed by atoms with Crippen LogP contribution in [0.2, 0.25) is 0 Å². The Morgan fingerprint density at radius 2 is 2.18 bits per heavy atom. The molecule has 174 valence electrons. The van der Waals surface area contributed by atoms with Crippen LogP contribution < -0.4 is 5.32 Å². The average molecular weight is 471 g/mol. The Kier molecular flexibility index (Phi) is 7.17. The third-order valence-corrected chi connectivity index (χ3v) is 6.80. The van der Waals surface area contributed by atoms with Crippen LogP contribution in [0.25, 0.3) is 11.4 Å². The largest absolute Gasteiger partial charge is 0.344 e. The summed E-state index contributed by atoms with van der Waals surface area (Å²) in [5.74, 6) is 0.115. The molecule has 1 aliphatic heterocycles. The molecule has 0 spiro atoms. The lowest BCUT2D eigenvalue weighted by Crippen LogP contribution is -2.49. The maximum absolute atomic E-state index is 13.5. The highest BCUT2D eigenvalue weighted by atomic mass is 32.1. The maximum atomic E-state index is 13.5. The van der Waals surface area contributed by atoms with Crippen molar-refractivity contribution in [3.05, 3.63) is 57.4 Å². The molecule has 0 saturated heterocycles. The number of halogens is 1. The van der Waals surface area contributed by atoms with Crippen molar-refractivity contribution in [2.75, 3.05) is 6.54 Å². The Balaban J connectivity index is 1.32. The molecule has 1 atom stereocenters. The van der Waals surface area contributed by atoms with Crippen molar-refractivity contribution in [3.8, 4) is 11.4 Å². The predicted octanol–water partition coefficient (Wildman–Crippen LogP) is 4.05. The molecular formula is C24H27FN4O3S. The molecule has 0 fully saturated rings. The van der Waals surface area contributed by atoms with Gasteiger partial charge in [-0.3, -0.25) is 9.59 Å². The fraction of sp³-hybridized carbons (Fsp3) is 0.417. The van der Waals surface area contributed by atoms with Crippen molar-refractivity contribution >= 4 is 23.2 Å². The fourth-order valence-corrected chi connectivity index (χ4v) is 4.84. The minimum Gasteiger partial charge on any atom is -0.344 e. The average Bonchev–Trinajstić information content (AvgIpc) is 3.48. The summed E-state index contributed by atoms with van der Waals surface area (Å²) in [6, 6.07) is 6.13. The summed E-state index contributed by atoms with van der Waals surface area (Å²) in [5, 5.41) is 8.88. The molecule has 1 aromatic carbocycles. The van der Waals surface area contributed by atoms with Gasteiger partial charge in [0.15, 0.2) is 0 Å². The van der Waals surface area contributed by atoms with Crippen LogP contribution in [0.15, 0.2) is 34.2 Å². The molecule has 33 heavy (non-hydrogen) atoms. The van der Waals surface area contributed by atoms with Gasteiger partial charge in [0.25, 0.3) is 0 Å². The van der Waals surface area contributed by atoms with E-state index in [1.165, 1.54) is 16.5 Å². The molecule has 4 rings (SSSR count). The Bertz CT molecular complexity index is 1140. The van der Waals surface area contributed by atoms with Gasteiger partial charge in [0, 0.05) is 36.4 Å². The molecule has 0 radical (unpaired) electrons.